The van der Waals surface area contributed by atoms with Gasteiger partial charge in [0.15, 0.2) is 5.66 Å². The molecule has 0 aromatic heterocycles. The lowest BCUT2D eigenvalue weighted by Gasteiger charge is -2.28. The molecule has 0 radical (unpaired) electrons. The van der Waals surface area contributed by atoms with Crippen molar-refractivity contribution in [3.8, 4) is 0 Å². The first kappa shape index (κ1) is 18.3. The lowest BCUT2D eigenvalue weighted by atomic mass is 9.91. The van der Waals surface area contributed by atoms with Crippen LogP contribution in [0.4, 0.5) is 0 Å². The fourth-order valence-electron chi connectivity index (χ4n) is 4.64. The number of nitrogens with zero attached hydrogens (tertiary/aromatic N) is 2. The molecule has 0 spiro atoms. The highest BCUT2D eigenvalue weighted by Gasteiger charge is 2.74. The molecule has 0 bridgehead atoms. The second-order valence-electron chi connectivity index (χ2n) is 8.13. The second-order valence-corrected chi connectivity index (χ2v) is 8.13. The Kier molecular flexibility index (Phi) is 3.97. The van der Waals surface area contributed by atoms with E-state index < -0.39 is 11.4 Å². The standard InChI is InChI=1S/C28H22N2O/c1-21-17-19-24(20-18-21)27(23-13-7-3-8-14-23)29-26(22-11-5-2-6-12-22)28(30(27)31-28)25-15-9-4-10-16-25/h2-20H,1H3. The number of hydroxylamine groups is 2. The molecule has 3 nitrogen and oxygen atoms in total. The van der Waals surface area contributed by atoms with Crippen LogP contribution in [0.15, 0.2) is 120 Å². The lowest BCUT2D eigenvalue weighted by molar-refractivity contribution is 0.0936. The Balaban J connectivity index is 1.65. The number of hydrogen-bond donors (Lipinski definition) is 0. The van der Waals surface area contributed by atoms with Gasteiger partial charge in [0.05, 0.1) is 0 Å². The Morgan fingerprint density at radius 1 is 0.613 bits per heavy atom. The van der Waals surface area contributed by atoms with Gasteiger partial charge in [0, 0.05) is 22.3 Å². The number of benzene rings is 4. The predicted molar refractivity (Wildman–Crippen MR) is 122 cm³/mol. The molecule has 3 unspecified atom stereocenters. The summed E-state index contributed by atoms with van der Waals surface area (Å²) in [6.45, 7) is 2.11. The van der Waals surface area contributed by atoms with Gasteiger partial charge in [-0.1, -0.05) is 121 Å². The molecule has 3 heteroatoms. The van der Waals surface area contributed by atoms with Crippen molar-refractivity contribution in [1.29, 1.82) is 0 Å². The van der Waals surface area contributed by atoms with Gasteiger partial charge in [0.25, 0.3) is 0 Å². The summed E-state index contributed by atoms with van der Waals surface area (Å²) in [6.07, 6.45) is 0. The van der Waals surface area contributed by atoms with E-state index in [1.165, 1.54) is 5.56 Å². The van der Waals surface area contributed by atoms with E-state index in [1.807, 2.05) is 18.2 Å². The molecular formula is C28H22N2O. The highest BCUT2D eigenvalue weighted by atomic mass is 16.9. The zero-order valence-electron chi connectivity index (χ0n) is 17.3. The van der Waals surface area contributed by atoms with E-state index in [2.05, 4.69) is 109 Å². The third kappa shape index (κ3) is 2.57. The highest BCUT2D eigenvalue weighted by Crippen LogP contribution is 2.62. The first-order valence-corrected chi connectivity index (χ1v) is 10.6. The molecule has 0 N–H and O–H groups in total. The van der Waals surface area contributed by atoms with Crippen LogP contribution >= 0.6 is 0 Å². The van der Waals surface area contributed by atoms with Crippen molar-refractivity contribution < 1.29 is 4.84 Å². The van der Waals surface area contributed by atoms with E-state index in [0.717, 1.165) is 28.0 Å². The fraction of sp³-hybridized carbons (Fsp3) is 0.107. The molecule has 1 saturated heterocycles. The Bertz CT molecular complexity index is 1250. The predicted octanol–water partition coefficient (Wildman–Crippen LogP) is 5.80. The van der Waals surface area contributed by atoms with Crippen LogP contribution in [-0.2, 0) is 16.2 Å². The molecule has 2 aliphatic heterocycles. The van der Waals surface area contributed by atoms with Crippen LogP contribution in [0.25, 0.3) is 0 Å². The minimum absolute atomic E-state index is 0.705. The summed E-state index contributed by atoms with van der Waals surface area (Å²) < 4.78 is 0. The van der Waals surface area contributed by atoms with E-state index in [4.69, 9.17) is 9.83 Å². The molecular weight excluding hydrogens is 380 g/mol. The molecule has 1 fully saturated rings. The number of rotatable bonds is 4. The van der Waals surface area contributed by atoms with Crippen molar-refractivity contribution in [3.05, 3.63) is 143 Å². The maximum atomic E-state index is 6.55. The Morgan fingerprint density at radius 3 is 1.74 bits per heavy atom. The SMILES string of the molecule is Cc1ccc(C2(c3ccccc3)N=C(c3ccccc3)C3(c4ccccc4)ON32)cc1. The third-order valence-corrected chi connectivity index (χ3v) is 6.21. The molecule has 0 aliphatic carbocycles. The van der Waals surface area contributed by atoms with Gasteiger partial charge in [-0.3, -0.25) is 4.84 Å². The molecule has 0 amide bonds. The van der Waals surface area contributed by atoms with Gasteiger partial charge in [0.1, 0.15) is 5.71 Å². The summed E-state index contributed by atoms with van der Waals surface area (Å²) in [5, 5.41) is 2.07. The van der Waals surface area contributed by atoms with E-state index in [9.17, 15) is 0 Å². The Morgan fingerprint density at radius 2 is 1.13 bits per heavy atom. The third-order valence-electron chi connectivity index (χ3n) is 6.21. The summed E-state index contributed by atoms with van der Waals surface area (Å²) in [5.74, 6) is 0. The number of hydrogen-bond acceptors (Lipinski definition) is 3. The van der Waals surface area contributed by atoms with E-state index in [-0.39, 0.29) is 0 Å². The second kappa shape index (κ2) is 6.74. The van der Waals surface area contributed by atoms with Gasteiger partial charge in [-0.05, 0) is 6.92 Å². The van der Waals surface area contributed by atoms with Crippen LogP contribution in [0, 0.1) is 6.92 Å². The summed E-state index contributed by atoms with van der Waals surface area (Å²) in [5.41, 5.74) is 5.03. The largest absolute Gasteiger partial charge is 0.256 e. The van der Waals surface area contributed by atoms with Crippen LogP contribution in [0.2, 0.25) is 0 Å². The van der Waals surface area contributed by atoms with Gasteiger partial charge in [-0.25, -0.2) is 4.99 Å². The van der Waals surface area contributed by atoms with Crippen molar-refractivity contribution in [1.82, 2.24) is 5.06 Å². The van der Waals surface area contributed by atoms with Crippen molar-refractivity contribution in [2.75, 3.05) is 0 Å². The Labute approximate surface area is 182 Å². The monoisotopic (exact) mass is 402 g/mol. The number of aryl methyl sites for hydroxylation is 1. The molecule has 6 rings (SSSR count). The van der Waals surface area contributed by atoms with Crippen LogP contribution in [0.3, 0.4) is 0 Å². The lowest BCUT2D eigenvalue weighted by Crippen LogP contribution is -2.33. The molecule has 31 heavy (non-hydrogen) atoms. The maximum Gasteiger partial charge on any atom is 0.235 e. The normalized spacial score (nSPS) is 26.2. The van der Waals surface area contributed by atoms with Crippen LogP contribution in [0.1, 0.15) is 27.8 Å². The van der Waals surface area contributed by atoms with Crippen LogP contribution in [0.5, 0.6) is 0 Å². The number of aliphatic imine (C=N–C) groups is 1. The summed E-state index contributed by atoms with van der Waals surface area (Å²) in [6, 6.07) is 39.8. The minimum Gasteiger partial charge on any atom is -0.256 e. The highest BCUT2D eigenvalue weighted by molar-refractivity contribution is 6.10. The van der Waals surface area contributed by atoms with Gasteiger partial charge >= 0.3 is 0 Å². The average molecular weight is 402 g/mol. The molecule has 3 atom stereocenters. The van der Waals surface area contributed by atoms with E-state index >= 15 is 0 Å². The van der Waals surface area contributed by atoms with Gasteiger partial charge < -0.3 is 0 Å². The zero-order chi connectivity index (χ0) is 20.9. The fourth-order valence-corrected chi connectivity index (χ4v) is 4.64. The Hall–Kier alpha value is -3.53. The van der Waals surface area contributed by atoms with Crippen molar-refractivity contribution >= 4 is 5.71 Å². The first-order valence-electron chi connectivity index (χ1n) is 10.6. The number of fused-ring (bicyclic) bond motifs is 1. The van der Waals surface area contributed by atoms with Crippen molar-refractivity contribution in [2.24, 2.45) is 4.99 Å². The summed E-state index contributed by atoms with van der Waals surface area (Å²) >= 11 is 0. The topological polar surface area (TPSA) is 27.9 Å². The van der Waals surface area contributed by atoms with E-state index in [1.54, 1.807) is 0 Å². The van der Waals surface area contributed by atoms with Gasteiger partial charge in [0.2, 0.25) is 5.72 Å². The molecule has 4 aromatic rings. The van der Waals surface area contributed by atoms with Gasteiger partial charge in [-0.2, -0.15) is 0 Å². The van der Waals surface area contributed by atoms with Crippen molar-refractivity contribution in [3.63, 3.8) is 0 Å². The molecule has 0 saturated carbocycles. The molecule has 2 heterocycles. The minimum atomic E-state index is -0.754. The smallest absolute Gasteiger partial charge is 0.235 e. The van der Waals surface area contributed by atoms with Crippen LogP contribution in [-0.4, -0.2) is 10.8 Å². The van der Waals surface area contributed by atoms with E-state index in [0.29, 0.717) is 0 Å². The maximum absolute atomic E-state index is 6.55. The zero-order valence-corrected chi connectivity index (χ0v) is 17.3. The average Bonchev–Trinajstić information content (AvgIpc) is 3.53. The van der Waals surface area contributed by atoms with Crippen molar-refractivity contribution in [2.45, 2.75) is 18.3 Å². The summed E-state index contributed by atoms with van der Waals surface area (Å²) in [7, 11) is 0. The first-order chi connectivity index (χ1) is 15.2. The van der Waals surface area contributed by atoms with Gasteiger partial charge in [-0.15, -0.1) is 5.06 Å². The summed E-state index contributed by atoms with van der Waals surface area (Å²) in [4.78, 5) is 12.0. The molecule has 2 aliphatic rings. The van der Waals surface area contributed by atoms with Crippen LogP contribution < -0.4 is 0 Å². The molecule has 150 valence electrons. The quantitative estimate of drug-likeness (QED) is 0.404. The molecule has 4 aromatic carbocycles.